The lowest BCUT2D eigenvalue weighted by Crippen LogP contribution is -2.12. The summed E-state index contributed by atoms with van der Waals surface area (Å²) in [4.78, 5) is 25.8. The molecule has 0 aliphatic rings. The molecule has 0 fully saturated rings. The number of esters is 1. The Labute approximate surface area is 137 Å². The van der Waals surface area contributed by atoms with Crippen molar-refractivity contribution in [2.75, 3.05) is 6.61 Å². The van der Waals surface area contributed by atoms with Gasteiger partial charge in [0.05, 0.1) is 0 Å². The van der Waals surface area contributed by atoms with Crippen molar-refractivity contribution >= 4 is 29.5 Å². The van der Waals surface area contributed by atoms with E-state index in [1.54, 1.807) is 37.3 Å². The number of carbonyl (C=O) groups is 1. The maximum absolute atomic E-state index is 11.6. The molecule has 120 valence electrons. The van der Waals surface area contributed by atoms with Crippen LogP contribution in [0.1, 0.15) is 11.4 Å². The van der Waals surface area contributed by atoms with Gasteiger partial charge in [0.1, 0.15) is 19.3 Å². The van der Waals surface area contributed by atoms with Gasteiger partial charge in [0.2, 0.25) is 0 Å². The Kier molecular flexibility index (Phi) is 5.48. The second-order valence-electron chi connectivity index (χ2n) is 4.62. The number of aryl methyl sites for hydroxylation is 1. The van der Waals surface area contributed by atoms with Crippen molar-refractivity contribution < 1.29 is 14.5 Å². The molecule has 0 aliphatic heterocycles. The van der Waals surface area contributed by atoms with Crippen molar-refractivity contribution in [3.05, 3.63) is 63.1 Å². The highest BCUT2D eigenvalue weighted by Gasteiger charge is 2.17. The van der Waals surface area contributed by atoms with Crippen molar-refractivity contribution in [2.24, 2.45) is 0 Å². The lowest BCUT2D eigenvalue weighted by molar-refractivity contribution is -0.392. The minimum atomic E-state index is -0.527. The average molecular weight is 336 g/mol. The number of hydrogen-bond donors (Lipinski definition) is 0. The second kappa shape index (κ2) is 7.55. The summed E-state index contributed by atoms with van der Waals surface area (Å²) < 4.78 is 6.41. The SMILES string of the molecule is Cc1ncc([N+](=O)[O-])n1CCOC(=O)/C=C\c1ccc(Cl)cc1. The van der Waals surface area contributed by atoms with Gasteiger partial charge >= 0.3 is 11.8 Å². The monoisotopic (exact) mass is 335 g/mol. The summed E-state index contributed by atoms with van der Waals surface area (Å²) in [5.41, 5.74) is 0.812. The normalized spacial score (nSPS) is 10.9. The number of nitrogens with zero attached hydrogens (tertiary/aromatic N) is 3. The van der Waals surface area contributed by atoms with E-state index in [4.69, 9.17) is 16.3 Å². The Bertz CT molecular complexity index is 738. The molecule has 0 radical (unpaired) electrons. The van der Waals surface area contributed by atoms with Gasteiger partial charge in [0.25, 0.3) is 0 Å². The smallest absolute Gasteiger partial charge is 0.342 e. The van der Waals surface area contributed by atoms with Gasteiger partial charge in [-0.2, -0.15) is 0 Å². The van der Waals surface area contributed by atoms with Crippen LogP contribution in [0.3, 0.4) is 0 Å². The molecule has 0 bridgehead atoms. The van der Waals surface area contributed by atoms with Crippen molar-refractivity contribution in [1.29, 1.82) is 0 Å². The first kappa shape index (κ1) is 16.7. The number of halogens is 1. The Morgan fingerprint density at radius 3 is 2.78 bits per heavy atom. The molecule has 0 spiro atoms. The quantitative estimate of drug-likeness (QED) is 0.350. The van der Waals surface area contributed by atoms with Crippen LogP contribution in [0, 0.1) is 17.0 Å². The van der Waals surface area contributed by atoms with Gasteiger partial charge < -0.3 is 14.9 Å². The van der Waals surface area contributed by atoms with Crippen LogP contribution in [0.2, 0.25) is 5.02 Å². The van der Waals surface area contributed by atoms with Crippen molar-refractivity contribution in [3.63, 3.8) is 0 Å². The summed E-state index contributed by atoms with van der Waals surface area (Å²) in [5.74, 6) is -0.167. The maximum atomic E-state index is 11.6. The van der Waals surface area contributed by atoms with Crippen LogP contribution < -0.4 is 0 Å². The largest absolute Gasteiger partial charge is 0.458 e. The summed E-state index contributed by atoms with van der Waals surface area (Å²) in [5, 5.41) is 11.4. The van der Waals surface area contributed by atoms with Crippen LogP contribution in [0.5, 0.6) is 0 Å². The number of benzene rings is 1. The topological polar surface area (TPSA) is 87.3 Å². The lowest BCUT2D eigenvalue weighted by atomic mass is 10.2. The molecule has 1 aromatic heterocycles. The zero-order valence-corrected chi connectivity index (χ0v) is 13.1. The standard InChI is InChI=1S/C15H14ClN3O4/c1-11-17-10-14(19(21)22)18(11)8-9-23-15(20)7-4-12-2-5-13(16)6-3-12/h2-7,10H,8-9H2,1H3/b7-4-. The summed E-state index contributed by atoms with van der Waals surface area (Å²) >= 11 is 5.77. The molecule has 7 nitrogen and oxygen atoms in total. The van der Waals surface area contributed by atoms with Gasteiger partial charge in [-0.15, -0.1) is 0 Å². The number of rotatable bonds is 6. The third-order valence-corrected chi connectivity index (χ3v) is 3.31. The van der Waals surface area contributed by atoms with Crippen LogP contribution in [-0.4, -0.2) is 27.1 Å². The number of carbonyl (C=O) groups excluding carboxylic acids is 1. The second-order valence-corrected chi connectivity index (χ2v) is 5.06. The lowest BCUT2D eigenvalue weighted by Gasteiger charge is -2.03. The number of imidazole rings is 1. The van der Waals surface area contributed by atoms with E-state index < -0.39 is 10.9 Å². The molecule has 1 heterocycles. The predicted molar refractivity (Wildman–Crippen MR) is 85.1 cm³/mol. The number of aromatic nitrogens is 2. The number of ether oxygens (including phenoxy) is 1. The molecular weight excluding hydrogens is 322 g/mol. The third-order valence-electron chi connectivity index (χ3n) is 3.06. The summed E-state index contributed by atoms with van der Waals surface area (Å²) in [6.07, 6.45) is 4.07. The molecule has 0 atom stereocenters. The Balaban J connectivity index is 1.87. The fourth-order valence-electron chi connectivity index (χ4n) is 1.90. The van der Waals surface area contributed by atoms with E-state index in [1.165, 1.54) is 16.8 Å². The summed E-state index contributed by atoms with van der Waals surface area (Å²) in [6.45, 7) is 1.83. The fraction of sp³-hybridized carbons (Fsp3) is 0.200. The van der Waals surface area contributed by atoms with E-state index >= 15 is 0 Å². The van der Waals surface area contributed by atoms with E-state index in [2.05, 4.69) is 4.98 Å². The van der Waals surface area contributed by atoms with Gasteiger partial charge in [-0.3, -0.25) is 0 Å². The molecule has 0 amide bonds. The van der Waals surface area contributed by atoms with Crippen LogP contribution in [0.15, 0.2) is 36.5 Å². The van der Waals surface area contributed by atoms with Gasteiger partial charge in [0.15, 0.2) is 5.82 Å². The zero-order chi connectivity index (χ0) is 16.8. The van der Waals surface area contributed by atoms with E-state index in [0.29, 0.717) is 10.8 Å². The maximum Gasteiger partial charge on any atom is 0.342 e. The Morgan fingerprint density at radius 1 is 1.43 bits per heavy atom. The zero-order valence-electron chi connectivity index (χ0n) is 12.3. The van der Waals surface area contributed by atoms with Crippen LogP contribution in [-0.2, 0) is 16.1 Å². The first-order valence-electron chi connectivity index (χ1n) is 6.74. The van der Waals surface area contributed by atoms with E-state index in [9.17, 15) is 14.9 Å². The Morgan fingerprint density at radius 2 is 2.13 bits per heavy atom. The number of hydrogen-bond acceptors (Lipinski definition) is 5. The summed E-state index contributed by atoms with van der Waals surface area (Å²) in [7, 11) is 0. The highest BCUT2D eigenvalue weighted by Crippen LogP contribution is 2.13. The number of nitro groups is 1. The molecular formula is C15H14ClN3O4. The van der Waals surface area contributed by atoms with E-state index in [1.807, 2.05) is 0 Å². The van der Waals surface area contributed by atoms with Gasteiger partial charge in [-0.05, 0) is 28.7 Å². The minimum absolute atomic E-state index is 0.0157. The molecule has 0 saturated heterocycles. The average Bonchev–Trinajstić information content (AvgIpc) is 2.88. The van der Waals surface area contributed by atoms with Crippen molar-refractivity contribution in [2.45, 2.75) is 13.5 Å². The van der Waals surface area contributed by atoms with Crippen LogP contribution in [0.25, 0.3) is 6.08 Å². The molecule has 1 aromatic carbocycles. The fourth-order valence-corrected chi connectivity index (χ4v) is 2.03. The van der Waals surface area contributed by atoms with Crippen molar-refractivity contribution in [1.82, 2.24) is 9.55 Å². The molecule has 2 rings (SSSR count). The first-order valence-corrected chi connectivity index (χ1v) is 7.12. The van der Waals surface area contributed by atoms with Crippen LogP contribution in [0.4, 0.5) is 5.82 Å². The molecule has 0 saturated carbocycles. The Hall–Kier alpha value is -2.67. The van der Waals surface area contributed by atoms with E-state index in [-0.39, 0.29) is 19.0 Å². The highest BCUT2D eigenvalue weighted by molar-refractivity contribution is 6.30. The molecule has 23 heavy (non-hydrogen) atoms. The highest BCUT2D eigenvalue weighted by atomic mass is 35.5. The van der Waals surface area contributed by atoms with Crippen LogP contribution >= 0.6 is 11.6 Å². The van der Waals surface area contributed by atoms with Crippen molar-refractivity contribution in [3.8, 4) is 0 Å². The molecule has 2 aromatic rings. The molecule has 0 N–H and O–H groups in total. The molecule has 0 aliphatic carbocycles. The molecule has 0 unspecified atom stereocenters. The third kappa shape index (κ3) is 4.65. The van der Waals surface area contributed by atoms with E-state index in [0.717, 1.165) is 5.56 Å². The van der Waals surface area contributed by atoms with Gasteiger partial charge in [0, 0.05) is 18.0 Å². The minimum Gasteiger partial charge on any atom is -0.458 e. The van der Waals surface area contributed by atoms with Gasteiger partial charge in [-0.25, -0.2) is 14.3 Å². The summed E-state index contributed by atoms with van der Waals surface area (Å²) in [6, 6.07) is 6.97. The predicted octanol–water partition coefficient (Wildman–Crippen LogP) is 3.01. The van der Waals surface area contributed by atoms with Gasteiger partial charge in [-0.1, -0.05) is 23.7 Å². The first-order chi connectivity index (χ1) is 11.0. The molecule has 8 heteroatoms.